The summed E-state index contributed by atoms with van der Waals surface area (Å²) in [4.78, 5) is 11.0. The Hall–Kier alpha value is -4.61. The molecule has 2 N–H and O–H groups in total. The number of hydrogen-bond acceptors (Lipinski definition) is 6. The number of pyridine rings is 2. The van der Waals surface area contributed by atoms with Crippen molar-refractivity contribution in [3.05, 3.63) is 143 Å². The van der Waals surface area contributed by atoms with Crippen LogP contribution >= 0.6 is 0 Å². The third-order valence-corrected chi connectivity index (χ3v) is 8.84. The van der Waals surface area contributed by atoms with Crippen LogP contribution in [0.4, 0.5) is 5.69 Å². The van der Waals surface area contributed by atoms with Gasteiger partial charge in [-0.15, -0.1) is 41.5 Å². The Morgan fingerprint density at radius 2 is 1.25 bits per heavy atom. The van der Waals surface area contributed by atoms with Gasteiger partial charge in [0.2, 0.25) is 0 Å². The minimum Gasteiger partial charge on any atom is -0.540 e. The van der Waals surface area contributed by atoms with Crippen LogP contribution in [0.2, 0.25) is 0 Å². The molecular weight excluding hydrogens is 812 g/mol. The van der Waals surface area contributed by atoms with Crippen LogP contribution in [0, 0.1) is 39.8 Å². The van der Waals surface area contributed by atoms with Gasteiger partial charge in [0, 0.05) is 51.1 Å². The van der Waals surface area contributed by atoms with Crippen molar-refractivity contribution < 1.29 is 30.9 Å². The zero-order valence-corrected chi connectivity index (χ0v) is 32.9. The first kappa shape index (κ1) is 39.2. The second-order valence-electron chi connectivity index (χ2n) is 12.7. The van der Waals surface area contributed by atoms with Crippen LogP contribution < -0.4 is 15.0 Å². The molecule has 0 radical (unpaired) electrons. The fourth-order valence-corrected chi connectivity index (χ4v) is 6.33. The van der Waals surface area contributed by atoms with E-state index in [2.05, 4.69) is 102 Å². The van der Waals surface area contributed by atoms with Gasteiger partial charge >= 0.3 is 21.1 Å². The van der Waals surface area contributed by atoms with Gasteiger partial charge in [0.25, 0.3) is 0 Å². The largest absolute Gasteiger partial charge is 2.00 e. The Morgan fingerprint density at radius 1 is 0.725 bits per heavy atom. The van der Waals surface area contributed by atoms with Crippen LogP contribution in [-0.4, -0.2) is 43.3 Å². The number of rotatable bonds is 9. The zero-order valence-electron chi connectivity index (χ0n) is 30.7. The number of benzene rings is 4. The number of nitrogens with zero attached hydrogens (tertiary/aromatic N) is 3. The van der Waals surface area contributed by atoms with E-state index in [-0.39, 0.29) is 27.7 Å². The van der Waals surface area contributed by atoms with E-state index in [0.29, 0.717) is 0 Å². The smallest absolute Gasteiger partial charge is 0.540 e. The molecule has 0 aliphatic heterocycles. The minimum absolute atomic E-state index is 0. The van der Waals surface area contributed by atoms with E-state index >= 15 is 0 Å². The van der Waals surface area contributed by atoms with E-state index in [4.69, 9.17) is 4.74 Å². The summed E-state index contributed by atoms with van der Waals surface area (Å²) in [5, 5.41) is 13.0. The van der Waals surface area contributed by atoms with Crippen LogP contribution in [0.1, 0.15) is 33.4 Å². The number of aliphatic hydroxyl groups excluding tert-OH is 1. The van der Waals surface area contributed by atoms with Crippen molar-refractivity contribution in [1.82, 2.24) is 15.3 Å². The van der Waals surface area contributed by atoms with Crippen molar-refractivity contribution >= 4 is 5.69 Å². The van der Waals surface area contributed by atoms with Crippen LogP contribution in [0.3, 0.4) is 0 Å². The van der Waals surface area contributed by atoms with Gasteiger partial charge < -0.3 is 30.0 Å². The van der Waals surface area contributed by atoms with Crippen molar-refractivity contribution in [1.29, 1.82) is 0 Å². The van der Waals surface area contributed by atoms with Gasteiger partial charge in [-0.05, 0) is 63.8 Å². The Morgan fingerprint density at radius 3 is 1.78 bits per heavy atom. The minimum atomic E-state index is -0.0391. The molecule has 0 aliphatic carbocycles. The maximum atomic E-state index is 9.90. The van der Waals surface area contributed by atoms with Crippen molar-refractivity contribution in [3.8, 4) is 50.5 Å². The van der Waals surface area contributed by atoms with Gasteiger partial charge in [-0.25, -0.2) is 0 Å². The fraction of sp³-hybridized carbons (Fsp3) is 0.227. The van der Waals surface area contributed by atoms with E-state index in [1.165, 1.54) is 33.4 Å². The molecule has 0 bridgehead atoms. The number of methoxy groups -OCH3 is 1. The Kier molecular flexibility index (Phi) is 13.9. The third kappa shape index (κ3) is 9.20. The zero-order chi connectivity index (χ0) is 35.8. The topological polar surface area (TPSA) is 70.5 Å². The number of hydrogen-bond donors (Lipinski definition) is 2. The molecule has 51 heavy (non-hydrogen) atoms. The van der Waals surface area contributed by atoms with Gasteiger partial charge in [-0.3, -0.25) is 0 Å². The van der Waals surface area contributed by atoms with Crippen molar-refractivity contribution in [2.75, 3.05) is 33.2 Å². The number of aliphatic hydroxyl groups is 1. The van der Waals surface area contributed by atoms with Crippen molar-refractivity contribution in [3.63, 3.8) is 0 Å². The molecule has 6 nitrogen and oxygen atoms in total. The molecule has 0 aliphatic rings. The predicted molar refractivity (Wildman–Crippen MR) is 206 cm³/mol. The molecule has 2 aromatic heterocycles. The summed E-state index contributed by atoms with van der Waals surface area (Å²) in [6.07, 6.45) is 3.62. The summed E-state index contributed by atoms with van der Waals surface area (Å²) in [6.45, 7) is 9.22. The standard InChI is InChI=1S/2C22H23N2O.Pt/c1-15-7-6-8-16(2)22(15)17-9-10-19(21(13-17)25-5)20-14-18(24(3)4)11-12-23-20;1-15-5-4-6-16(2)22(15)18-7-8-20(19(12-18)14-25)21-11-17(13-23-3)9-10-24-21;/h6-9,11-14H,1-5H3;4-7,9-12,23,25H,13-14H2,1-3H3;/q2*-1;+2. The summed E-state index contributed by atoms with van der Waals surface area (Å²) in [5.41, 5.74) is 16.1. The van der Waals surface area contributed by atoms with E-state index < -0.39 is 0 Å². The van der Waals surface area contributed by atoms with Crippen LogP contribution in [0.5, 0.6) is 5.75 Å². The molecule has 2 heterocycles. The van der Waals surface area contributed by atoms with Crippen molar-refractivity contribution in [2.45, 2.75) is 40.8 Å². The number of anilines is 1. The average molecular weight is 858 g/mol. The van der Waals surface area contributed by atoms with Gasteiger partial charge in [-0.2, -0.15) is 0 Å². The predicted octanol–water partition coefficient (Wildman–Crippen LogP) is 8.95. The maximum absolute atomic E-state index is 9.90. The van der Waals surface area contributed by atoms with Crippen LogP contribution in [-0.2, 0) is 34.2 Å². The van der Waals surface area contributed by atoms with Crippen LogP contribution in [0.15, 0.2) is 97.3 Å². The molecule has 7 heteroatoms. The Balaban J connectivity index is 0.000000224. The number of aryl methyl sites for hydroxylation is 4. The number of ether oxygens (including phenoxy) is 1. The summed E-state index contributed by atoms with van der Waals surface area (Å²) >= 11 is 0. The van der Waals surface area contributed by atoms with E-state index in [9.17, 15) is 5.11 Å². The molecular formula is C44H46N4O2Pt. The quantitative estimate of drug-likeness (QED) is 0.142. The molecule has 4 aromatic carbocycles. The summed E-state index contributed by atoms with van der Waals surface area (Å²) in [6, 6.07) is 35.6. The van der Waals surface area contributed by atoms with Crippen LogP contribution in [0.25, 0.3) is 44.8 Å². The van der Waals surface area contributed by atoms with E-state index in [1.54, 1.807) is 13.3 Å². The SMILES string of the molecule is CNCc1ccnc(-c2[c-]cc(-c3c(C)cccc3C)cc2CO)c1.COc1cc(-c2c(C)cccc2C)c[c-]c1-c1cc(N(C)C)ccn1.[Pt+2]. The van der Waals surface area contributed by atoms with Gasteiger partial charge in [0.05, 0.1) is 7.11 Å². The summed E-state index contributed by atoms with van der Waals surface area (Å²) < 4.78 is 5.66. The Bertz CT molecular complexity index is 2050. The second kappa shape index (κ2) is 18.1. The monoisotopic (exact) mass is 857 g/mol. The van der Waals surface area contributed by atoms with Crippen molar-refractivity contribution in [2.24, 2.45) is 0 Å². The molecule has 0 saturated carbocycles. The molecule has 0 amide bonds. The normalized spacial score (nSPS) is 10.5. The third-order valence-electron chi connectivity index (χ3n) is 8.84. The first-order valence-corrected chi connectivity index (χ1v) is 16.8. The average Bonchev–Trinajstić information content (AvgIpc) is 3.12. The van der Waals surface area contributed by atoms with Gasteiger partial charge in [0.15, 0.2) is 0 Å². The molecule has 6 rings (SSSR count). The summed E-state index contributed by atoms with van der Waals surface area (Å²) in [5.74, 6) is 0.781. The molecule has 0 atom stereocenters. The molecule has 0 saturated heterocycles. The molecule has 0 spiro atoms. The molecule has 0 fully saturated rings. The fourth-order valence-electron chi connectivity index (χ4n) is 6.33. The van der Waals surface area contributed by atoms with Gasteiger partial charge in [-0.1, -0.05) is 105 Å². The first-order valence-electron chi connectivity index (χ1n) is 16.8. The molecule has 0 unspecified atom stereocenters. The first-order chi connectivity index (χ1) is 24.1. The number of nitrogens with one attached hydrogen (secondary N) is 1. The van der Waals surface area contributed by atoms with Gasteiger partial charge in [0.1, 0.15) is 0 Å². The molecule has 6 aromatic rings. The second-order valence-corrected chi connectivity index (χ2v) is 12.7. The van der Waals surface area contributed by atoms with E-state index in [0.717, 1.165) is 62.8 Å². The summed E-state index contributed by atoms with van der Waals surface area (Å²) in [7, 11) is 7.65. The number of aromatic nitrogens is 2. The molecule has 264 valence electrons. The van der Waals surface area contributed by atoms with E-state index in [1.807, 2.05) is 69.8 Å². The maximum Gasteiger partial charge on any atom is 2.00 e. The Labute approximate surface area is 317 Å².